The van der Waals surface area contributed by atoms with Gasteiger partial charge in [0.2, 0.25) is 0 Å². The number of ether oxygens (including phenoxy) is 2. The Morgan fingerprint density at radius 3 is 2.59 bits per heavy atom. The van der Waals surface area contributed by atoms with Crippen molar-refractivity contribution in [2.24, 2.45) is 0 Å². The topological polar surface area (TPSA) is 35.5 Å². The lowest BCUT2D eigenvalue weighted by molar-refractivity contribution is 0.0997. The van der Waals surface area contributed by atoms with Gasteiger partial charge in [0.25, 0.3) is 0 Å². The zero-order chi connectivity index (χ0) is 12.8. The van der Waals surface area contributed by atoms with Crippen molar-refractivity contribution >= 4 is 17.4 Å². The van der Waals surface area contributed by atoms with Gasteiger partial charge in [-0.25, -0.2) is 0 Å². The summed E-state index contributed by atoms with van der Waals surface area (Å²) < 4.78 is 10.2. The third-order valence-electron chi connectivity index (χ3n) is 2.18. The highest BCUT2D eigenvalue weighted by Gasteiger charge is 2.14. The van der Waals surface area contributed by atoms with Gasteiger partial charge >= 0.3 is 0 Å². The van der Waals surface area contributed by atoms with Gasteiger partial charge in [-0.15, -0.1) is 5.92 Å². The van der Waals surface area contributed by atoms with Crippen LogP contribution in [-0.4, -0.2) is 20.0 Å². The number of rotatable bonds is 4. The van der Waals surface area contributed by atoms with E-state index in [2.05, 4.69) is 11.8 Å². The molecule has 0 aromatic heterocycles. The molecule has 0 bridgehead atoms. The van der Waals surface area contributed by atoms with Gasteiger partial charge in [0, 0.05) is 5.56 Å². The molecule has 0 amide bonds. The van der Waals surface area contributed by atoms with E-state index in [-0.39, 0.29) is 12.2 Å². The molecule has 1 rings (SSSR count). The number of ketones is 1. The molecule has 3 nitrogen and oxygen atoms in total. The van der Waals surface area contributed by atoms with Gasteiger partial charge in [-0.05, 0) is 19.1 Å². The van der Waals surface area contributed by atoms with E-state index >= 15 is 0 Å². The number of hydrogen-bond acceptors (Lipinski definition) is 3. The highest BCUT2D eigenvalue weighted by Crippen LogP contribution is 2.36. The number of halogens is 1. The predicted octanol–water partition coefficient (Wildman–Crippen LogP) is 2.95. The summed E-state index contributed by atoms with van der Waals surface area (Å²) in [7, 11) is 2.99. The number of Topliss-reactive ketones (excluding diaryl/α,β-unsaturated/α-hetero) is 1. The zero-order valence-corrected chi connectivity index (χ0v) is 10.7. The summed E-state index contributed by atoms with van der Waals surface area (Å²) in [5.74, 6) is 6.16. The van der Waals surface area contributed by atoms with Gasteiger partial charge in [0.15, 0.2) is 17.3 Å². The van der Waals surface area contributed by atoms with E-state index < -0.39 is 0 Å². The monoisotopic (exact) mass is 252 g/mol. The number of carbonyl (C=O) groups excluding carboxylic acids is 1. The summed E-state index contributed by atoms with van der Waals surface area (Å²) in [4.78, 5) is 11.8. The fraction of sp³-hybridized carbons (Fsp3) is 0.308. The van der Waals surface area contributed by atoms with Crippen molar-refractivity contribution in [3.8, 4) is 23.3 Å². The molecule has 1 aromatic rings. The van der Waals surface area contributed by atoms with Gasteiger partial charge in [-0.1, -0.05) is 17.5 Å². The molecule has 0 radical (unpaired) electrons. The summed E-state index contributed by atoms with van der Waals surface area (Å²) >= 11 is 6.00. The molecule has 0 aliphatic rings. The van der Waals surface area contributed by atoms with Crippen molar-refractivity contribution in [1.82, 2.24) is 0 Å². The van der Waals surface area contributed by atoms with Crippen LogP contribution in [0.15, 0.2) is 12.1 Å². The Morgan fingerprint density at radius 1 is 1.35 bits per heavy atom. The third-order valence-corrected chi connectivity index (χ3v) is 2.46. The molecule has 17 heavy (non-hydrogen) atoms. The molecular formula is C13H13ClO3. The van der Waals surface area contributed by atoms with Crippen molar-refractivity contribution in [1.29, 1.82) is 0 Å². The van der Waals surface area contributed by atoms with Crippen LogP contribution in [-0.2, 0) is 0 Å². The Balaban J connectivity index is 3.13. The fourth-order valence-electron chi connectivity index (χ4n) is 1.35. The van der Waals surface area contributed by atoms with Crippen LogP contribution in [0, 0.1) is 11.8 Å². The second-order valence-electron chi connectivity index (χ2n) is 3.22. The van der Waals surface area contributed by atoms with Crippen LogP contribution in [0.2, 0.25) is 5.02 Å². The molecule has 1 aromatic carbocycles. The summed E-state index contributed by atoms with van der Waals surface area (Å²) in [6.07, 6.45) is 0.169. The van der Waals surface area contributed by atoms with Crippen molar-refractivity contribution in [2.75, 3.05) is 14.2 Å². The first-order chi connectivity index (χ1) is 8.13. The SMILES string of the molecule is CC#CCC(=O)c1cc(Cl)c(OC)c(OC)c1. The van der Waals surface area contributed by atoms with E-state index in [1.807, 2.05) is 0 Å². The smallest absolute Gasteiger partial charge is 0.179 e. The first-order valence-electron chi connectivity index (χ1n) is 4.98. The maximum atomic E-state index is 11.8. The molecule has 0 fully saturated rings. The Hall–Kier alpha value is -1.66. The number of methoxy groups -OCH3 is 2. The van der Waals surface area contributed by atoms with Gasteiger partial charge in [0.05, 0.1) is 25.7 Å². The average molecular weight is 253 g/mol. The largest absolute Gasteiger partial charge is 0.493 e. The third kappa shape index (κ3) is 3.15. The molecule has 0 unspecified atom stereocenters. The maximum absolute atomic E-state index is 11.8. The summed E-state index contributed by atoms with van der Waals surface area (Å²) in [6.45, 7) is 1.69. The van der Waals surface area contributed by atoms with Crippen LogP contribution >= 0.6 is 11.6 Å². The zero-order valence-electron chi connectivity index (χ0n) is 9.96. The molecule has 0 aliphatic heterocycles. The van der Waals surface area contributed by atoms with E-state index in [4.69, 9.17) is 21.1 Å². The first kappa shape index (κ1) is 13.4. The second kappa shape index (κ2) is 6.17. The van der Waals surface area contributed by atoms with Crippen LogP contribution in [0.4, 0.5) is 0 Å². The molecular weight excluding hydrogens is 240 g/mol. The molecule has 0 heterocycles. The lowest BCUT2D eigenvalue weighted by Crippen LogP contribution is -2.00. The van der Waals surface area contributed by atoms with Crippen LogP contribution < -0.4 is 9.47 Å². The van der Waals surface area contributed by atoms with Crippen LogP contribution in [0.1, 0.15) is 23.7 Å². The first-order valence-corrected chi connectivity index (χ1v) is 5.36. The minimum absolute atomic E-state index is 0.0952. The molecule has 0 atom stereocenters. The summed E-state index contributed by atoms with van der Waals surface area (Å²) in [5, 5.41) is 0.347. The minimum atomic E-state index is -0.0952. The van der Waals surface area contributed by atoms with E-state index in [0.29, 0.717) is 22.1 Å². The number of carbonyl (C=O) groups is 1. The van der Waals surface area contributed by atoms with Crippen molar-refractivity contribution in [3.63, 3.8) is 0 Å². The second-order valence-corrected chi connectivity index (χ2v) is 3.63. The fourth-order valence-corrected chi connectivity index (χ4v) is 1.64. The van der Waals surface area contributed by atoms with Gasteiger partial charge in [-0.2, -0.15) is 0 Å². The lowest BCUT2D eigenvalue weighted by Gasteiger charge is -2.10. The van der Waals surface area contributed by atoms with Gasteiger partial charge in [-0.3, -0.25) is 4.79 Å². The molecule has 0 spiro atoms. The highest BCUT2D eigenvalue weighted by atomic mass is 35.5. The van der Waals surface area contributed by atoms with E-state index in [1.165, 1.54) is 14.2 Å². The van der Waals surface area contributed by atoms with E-state index in [1.54, 1.807) is 19.1 Å². The summed E-state index contributed by atoms with van der Waals surface area (Å²) in [6, 6.07) is 3.16. The minimum Gasteiger partial charge on any atom is -0.493 e. The Bertz CT molecular complexity index is 483. The van der Waals surface area contributed by atoms with E-state index in [0.717, 1.165) is 0 Å². The number of benzene rings is 1. The molecule has 0 N–H and O–H groups in total. The standard InChI is InChI=1S/C13H13ClO3/c1-4-5-6-11(15)9-7-10(14)13(17-3)12(8-9)16-2/h7-8H,6H2,1-3H3. The molecule has 0 aliphatic carbocycles. The number of hydrogen-bond donors (Lipinski definition) is 0. The predicted molar refractivity (Wildman–Crippen MR) is 67.0 cm³/mol. The Morgan fingerprint density at radius 2 is 2.06 bits per heavy atom. The molecule has 4 heteroatoms. The van der Waals surface area contributed by atoms with Crippen molar-refractivity contribution in [3.05, 3.63) is 22.7 Å². The summed E-state index contributed by atoms with van der Waals surface area (Å²) in [5.41, 5.74) is 0.468. The average Bonchev–Trinajstić information content (AvgIpc) is 2.34. The van der Waals surface area contributed by atoms with Gasteiger partial charge < -0.3 is 9.47 Å². The molecule has 0 saturated carbocycles. The van der Waals surface area contributed by atoms with Crippen LogP contribution in [0.5, 0.6) is 11.5 Å². The van der Waals surface area contributed by atoms with Crippen LogP contribution in [0.3, 0.4) is 0 Å². The highest BCUT2D eigenvalue weighted by molar-refractivity contribution is 6.32. The van der Waals surface area contributed by atoms with E-state index in [9.17, 15) is 4.79 Å². The molecule has 0 saturated heterocycles. The van der Waals surface area contributed by atoms with Crippen molar-refractivity contribution < 1.29 is 14.3 Å². The Labute approximate surface area is 106 Å². The Kier molecular flexibility index (Phi) is 4.86. The normalized spacial score (nSPS) is 9.18. The van der Waals surface area contributed by atoms with Gasteiger partial charge in [0.1, 0.15) is 0 Å². The van der Waals surface area contributed by atoms with Crippen molar-refractivity contribution in [2.45, 2.75) is 13.3 Å². The quantitative estimate of drug-likeness (QED) is 0.611. The molecule has 90 valence electrons. The van der Waals surface area contributed by atoms with Crippen LogP contribution in [0.25, 0.3) is 0 Å². The maximum Gasteiger partial charge on any atom is 0.179 e. The lowest BCUT2D eigenvalue weighted by atomic mass is 10.1.